The van der Waals surface area contributed by atoms with E-state index in [9.17, 15) is 24.7 Å². The summed E-state index contributed by atoms with van der Waals surface area (Å²) in [4.78, 5) is 37.1. The minimum Gasteiger partial charge on any atom is -0.383 e. The number of nitrogens with zero attached hydrogens (tertiary/aromatic N) is 1. The molecule has 0 bridgehead atoms. The fourth-order valence-corrected chi connectivity index (χ4v) is 4.84. The van der Waals surface area contributed by atoms with Gasteiger partial charge in [-0.2, -0.15) is 11.8 Å². The van der Waals surface area contributed by atoms with Crippen molar-refractivity contribution in [2.75, 3.05) is 12.8 Å². The zero-order valence-corrected chi connectivity index (χ0v) is 19.8. The fraction of sp³-hybridized carbons (Fsp3) is 0.857. The molecule has 1 rings (SSSR count). The second-order valence-electron chi connectivity index (χ2n) is 9.05. The van der Waals surface area contributed by atoms with E-state index in [-0.39, 0.29) is 17.4 Å². The number of carbonyl (C=O) groups is 3. The highest BCUT2D eigenvalue weighted by Crippen LogP contribution is 2.34. The largest absolute Gasteiger partial charge is 0.383 e. The summed E-state index contributed by atoms with van der Waals surface area (Å²) in [6, 6.07) is -2.08. The third-order valence-electron chi connectivity index (χ3n) is 5.59. The van der Waals surface area contributed by atoms with E-state index in [1.165, 1.54) is 39.2 Å². The standard InChI is InChI=1S/C21H39N3O5S/c1-14(2)11-12-16(25)19(27)24(29)20(28)23-17(18(26)22-5)21(3,4)30-13-15-9-7-6-8-10-15/h14-17,25,29H,6-13H2,1-5H3,(H,22,26)(H,23,28)/t16-,17-/m0/s1. The van der Waals surface area contributed by atoms with Crippen molar-refractivity contribution in [2.45, 2.75) is 89.5 Å². The maximum Gasteiger partial charge on any atom is 0.349 e. The lowest BCUT2D eigenvalue weighted by atomic mass is 9.91. The minimum atomic E-state index is -1.48. The Labute approximate surface area is 184 Å². The average molecular weight is 446 g/mol. The molecule has 9 heteroatoms. The summed E-state index contributed by atoms with van der Waals surface area (Å²) >= 11 is 1.61. The third-order valence-corrected chi connectivity index (χ3v) is 7.21. The molecule has 2 atom stereocenters. The molecular weight excluding hydrogens is 406 g/mol. The number of thioether (sulfide) groups is 1. The molecule has 0 aromatic rings. The Kier molecular flexibility index (Phi) is 11.1. The zero-order chi connectivity index (χ0) is 22.9. The summed E-state index contributed by atoms with van der Waals surface area (Å²) in [5.41, 5.74) is 0. The van der Waals surface area contributed by atoms with Crippen LogP contribution in [0.2, 0.25) is 0 Å². The van der Waals surface area contributed by atoms with Gasteiger partial charge in [-0.05, 0) is 57.1 Å². The highest BCUT2D eigenvalue weighted by Gasteiger charge is 2.39. The van der Waals surface area contributed by atoms with Crippen LogP contribution in [-0.2, 0) is 9.59 Å². The molecule has 0 aliphatic heterocycles. The number of rotatable bonds is 10. The van der Waals surface area contributed by atoms with Gasteiger partial charge in [-0.3, -0.25) is 14.8 Å². The van der Waals surface area contributed by atoms with E-state index in [1.54, 1.807) is 11.8 Å². The number of hydroxylamine groups is 2. The summed E-state index contributed by atoms with van der Waals surface area (Å²) in [6.45, 7) is 7.62. The molecule has 1 aliphatic rings. The van der Waals surface area contributed by atoms with E-state index in [2.05, 4.69) is 10.6 Å². The molecule has 0 unspecified atom stereocenters. The van der Waals surface area contributed by atoms with Gasteiger partial charge in [-0.25, -0.2) is 4.79 Å². The lowest BCUT2D eigenvalue weighted by Gasteiger charge is -2.35. The minimum absolute atomic E-state index is 0.122. The molecule has 0 saturated heterocycles. The summed E-state index contributed by atoms with van der Waals surface area (Å²) in [5, 5.41) is 24.8. The highest BCUT2D eigenvalue weighted by molar-refractivity contribution is 8.00. The molecule has 1 fully saturated rings. The third kappa shape index (κ3) is 8.43. The first-order valence-corrected chi connectivity index (χ1v) is 11.8. The van der Waals surface area contributed by atoms with Crippen LogP contribution in [0.3, 0.4) is 0 Å². The molecule has 1 aliphatic carbocycles. The SMILES string of the molecule is CNC(=O)[C@H](NC(=O)N(O)C(=O)[C@@H](O)CCC(C)C)C(C)(C)SCC1CCCCC1. The maximum atomic E-state index is 12.5. The van der Waals surface area contributed by atoms with Crippen LogP contribution in [0.1, 0.15) is 72.6 Å². The Bertz CT molecular complexity index is 579. The zero-order valence-electron chi connectivity index (χ0n) is 18.9. The first-order chi connectivity index (χ1) is 14.0. The van der Waals surface area contributed by atoms with Crippen molar-refractivity contribution in [3.8, 4) is 0 Å². The summed E-state index contributed by atoms with van der Waals surface area (Å²) in [5.74, 6) is 0.234. The Morgan fingerprint density at radius 3 is 2.27 bits per heavy atom. The number of likely N-dealkylation sites (N-methyl/N-ethyl adjacent to an activating group) is 1. The number of carbonyl (C=O) groups excluding carboxylic acids is 3. The van der Waals surface area contributed by atoms with E-state index in [0.717, 1.165) is 5.75 Å². The van der Waals surface area contributed by atoms with Gasteiger partial charge in [-0.15, -0.1) is 5.06 Å². The van der Waals surface area contributed by atoms with Crippen molar-refractivity contribution >= 4 is 29.6 Å². The number of urea groups is 1. The Morgan fingerprint density at radius 1 is 1.13 bits per heavy atom. The molecule has 0 radical (unpaired) electrons. The average Bonchev–Trinajstić information content (AvgIpc) is 2.73. The Hall–Kier alpha value is -1.32. The molecule has 0 spiro atoms. The Morgan fingerprint density at radius 2 is 1.73 bits per heavy atom. The summed E-state index contributed by atoms with van der Waals surface area (Å²) in [6.07, 6.45) is 5.31. The second-order valence-corrected chi connectivity index (χ2v) is 10.7. The topological polar surface area (TPSA) is 119 Å². The number of aliphatic hydroxyl groups is 1. The lowest BCUT2D eigenvalue weighted by molar-refractivity contribution is -0.163. The van der Waals surface area contributed by atoms with Crippen LogP contribution < -0.4 is 10.6 Å². The quantitative estimate of drug-likeness (QED) is 0.303. The van der Waals surface area contributed by atoms with E-state index in [1.807, 2.05) is 27.7 Å². The van der Waals surface area contributed by atoms with Gasteiger partial charge in [0.25, 0.3) is 5.91 Å². The summed E-state index contributed by atoms with van der Waals surface area (Å²) < 4.78 is -0.659. The van der Waals surface area contributed by atoms with Gasteiger partial charge in [0.1, 0.15) is 12.1 Å². The van der Waals surface area contributed by atoms with Gasteiger partial charge < -0.3 is 15.7 Å². The lowest BCUT2D eigenvalue weighted by Crippen LogP contribution is -2.59. The maximum absolute atomic E-state index is 12.5. The van der Waals surface area contributed by atoms with Gasteiger partial charge >= 0.3 is 6.03 Å². The molecule has 4 N–H and O–H groups in total. The molecule has 174 valence electrons. The molecule has 0 aromatic heterocycles. The smallest absolute Gasteiger partial charge is 0.349 e. The second kappa shape index (κ2) is 12.5. The monoisotopic (exact) mass is 445 g/mol. The Balaban J connectivity index is 2.75. The van der Waals surface area contributed by atoms with E-state index in [0.29, 0.717) is 12.3 Å². The van der Waals surface area contributed by atoms with Gasteiger partial charge in [0.2, 0.25) is 5.91 Å². The van der Waals surface area contributed by atoms with Crippen molar-refractivity contribution in [2.24, 2.45) is 11.8 Å². The van der Waals surface area contributed by atoms with E-state index in [4.69, 9.17) is 0 Å². The van der Waals surface area contributed by atoms with Crippen LogP contribution >= 0.6 is 11.8 Å². The normalized spacial score (nSPS) is 17.3. The van der Waals surface area contributed by atoms with Crippen molar-refractivity contribution in [3.05, 3.63) is 0 Å². The number of imide groups is 1. The van der Waals surface area contributed by atoms with Crippen LogP contribution in [0.4, 0.5) is 4.79 Å². The molecular formula is C21H39N3O5S. The van der Waals surface area contributed by atoms with E-state index >= 15 is 0 Å². The predicted octanol–water partition coefficient (Wildman–Crippen LogP) is 2.92. The van der Waals surface area contributed by atoms with Crippen molar-refractivity contribution in [1.29, 1.82) is 0 Å². The van der Waals surface area contributed by atoms with Crippen LogP contribution in [0.5, 0.6) is 0 Å². The molecule has 0 aromatic carbocycles. The van der Waals surface area contributed by atoms with Crippen molar-refractivity contribution < 1.29 is 24.7 Å². The number of hydrogen-bond donors (Lipinski definition) is 4. The van der Waals surface area contributed by atoms with Crippen LogP contribution in [0.25, 0.3) is 0 Å². The van der Waals surface area contributed by atoms with Gasteiger partial charge in [0.15, 0.2) is 0 Å². The molecule has 30 heavy (non-hydrogen) atoms. The number of hydrogen-bond acceptors (Lipinski definition) is 6. The van der Waals surface area contributed by atoms with Crippen LogP contribution in [-0.4, -0.2) is 62.9 Å². The van der Waals surface area contributed by atoms with Gasteiger partial charge in [-0.1, -0.05) is 33.1 Å². The fourth-order valence-electron chi connectivity index (χ4n) is 3.51. The summed E-state index contributed by atoms with van der Waals surface area (Å²) in [7, 11) is 1.47. The highest BCUT2D eigenvalue weighted by atomic mass is 32.2. The van der Waals surface area contributed by atoms with Gasteiger partial charge in [0, 0.05) is 11.8 Å². The molecule has 1 saturated carbocycles. The number of aliphatic hydroxyl groups excluding tert-OH is 1. The van der Waals surface area contributed by atoms with Gasteiger partial charge in [0.05, 0.1) is 0 Å². The molecule has 0 heterocycles. The van der Waals surface area contributed by atoms with Crippen LogP contribution in [0, 0.1) is 11.8 Å². The van der Waals surface area contributed by atoms with Crippen molar-refractivity contribution in [3.63, 3.8) is 0 Å². The van der Waals surface area contributed by atoms with E-state index < -0.39 is 34.7 Å². The predicted molar refractivity (Wildman–Crippen MR) is 118 cm³/mol. The molecule has 4 amide bonds. The first kappa shape index (κ1) is 26.7. The number of nitrogens with one attached hydrogen (secondary N) is 2. The number of amides is 4. The van der Waals surface area contributed by atoms with Crippen LogP contribution in [0.15, 0.2) is 0 Å². The molecule has 8 nitrogen and oxygen atoms in total. The first-order valence-electron chi connectivity index (χ1n) is 10.9. The van der Waals surface area contributed by atoms with Crippen molar-refractivity contribution in [1.82, 2.24) is 15.7 Å².